The van der Waals surface area contributed by atoms with Crippen molar-refractivity contribution in [1.82, 2.24) is 0 Å². The van der Waals surface area contributed by atoms with Crippen molar-refractivity contribution in [2.75, 3.05) is 17.2 Å². The molecule has 0 aromatic heterocycles. The SMILES string of the molecule is CCOC(=O)/C=C/c1ccccc1Nc1ccc(Nc2ccc(C34CC5CC(CC(C5)C3)C4)cc2)cc1. The van der Waals surface area contributed by atoms with Crippen LogP contribution in [0, 0.1) is 17.8 Å². The predicted molar refractivity (Wildman–Crippen MR) is 151 cm³/mol. The Balaban J connectivity index is 1.10. The quantitative estimate of drug-likeness (QED) is 0.246. The second-order valence-electron chi connectivity index (χ2n) is 11.3. The van der Waals surface area contributed by atoms with Gasteiger partial charge in [-0.15, -0.1) is 0 Å². The molecule has 0 atom stereocenters. The highest BCUT2D eigenvalue weighted by molar-refractivity contribution is 5.88. The highest BCUT2D eigenvalue weighted by atomic mass is 16.5. The first-order valence-electron chi connectivity index (χ1n) is 13.8. The molecule has 4 heteroatoms. The van der Waals surface area contributed by atoms with Crippen LogP contribution in [-0.4, -0.2) is 12.6 Å². The molecule has 4 aliphatic carbocycles. The fraction of sp³-hybridized carbons (Fsp3) is 0.364. The number of hydrogen-bond acceptors (Lipinski definition) is 4. The third-order valence-corrected chi connectivity index (χ3v) is 8.63. The van der Waals surface area contributed by atoms with Crippen molar-refractivity contribution < 1.29 is 9.53 Å². The number of para-hydroxylation sites is 1. The Labute approximate surface area is 220 Å². The third-order valence-electron chi connectivity index (χ3n) is 8.63. The lowest BCUT2D eigenvalue weighted by molar-refractivity contribution is -0.137. The lowest BCUT2D eigenvalue weighted by Gasteiger charge is -2.57. The van der Waals surface area contributed by atoms with E-state index in [0.29, 0.717) is 12.0 Å². The number of anilines is 4. The molecule has 190 valence electrons. The fourth-order valence-electron chi connectivity index (χ4n) is 7.43. The number of ether oxygens (including phenoxy) is 1. The second kappa shape index (κ2) is 10.1. The van der Waals surface area contributed by atoms with Gasteiger partial charge in [-0.1, -0.05) is 30.3 Å². The van der Waals surface area contributed by atoms with Gasteiger partial charge in [0, 0.05) is 28.8 Å². The van der Waals surface area contributed by atoms with Gasteiger partial charge in [-0.2, -0.15) is 0 Å². The minimum atomic E-state index is -0.335. The average molecular weight is 493 g/mol. The summed E-state index contributed by atoms with van der Waals surface area (Å²) in [6.45, 7) is 2.17. The molecule has 7 rings (SSSR count). The summed E-state index contributed by atoms with van der Waals surface area (Å²) in [5.74, 6) is 2.57. The van der Waals surface area contributed by atoms with Gasteiger partial charge in [-0.25, -0.2) is 4.79 Å². The molecule has 4 nitrogen and oxygen atoms in total. The van der Waals surface area contributed by atoms with Crippen molar-refractivity contribution in [1.29, 1.82) is 0 Å². The molecule has 0 radical (unpaired) electrons. The highest BCUT2D eigenvalue weighted by Gasteiger charge is 2.51. The Morgan fingerprint density at radius 3 is 1.95 bits per heavy atom. The molecule has 0 aliphatic heterocycles. The maximum absolute atomic E-state index is 11.7. The van der Waals surface area contributed by atoms with E-state index in [9.17, 15) is 4.79 Å². The van der Waals surface area contributed by atoms with Gasteiger partial charge >= 0.3 is 5.97 Å². The molecule has 4 aliphatic rings. The fourth-order valence-corrected chi connectivity index (χ4v) is 7.43. The van der Waals surface area contributed by atoms with Crippen LogP contribution in [0.4, 0.5) is 22.7 Å². The first-order chi connectivity index (χ1) is 18.1. The van der Waals surface area contributed by atoms with Crippen LogP contribution in [0.15, 0.2) is 78.9 Å². The van der Waals surface area contributed by atoms with E-state index in [1.165, 1.54) is 44.6 Å². The molecule has 4 saturated carbocycles. The molecular weight excluding hydrogens is 456 g/mol. The smallest absolute Gasteiger partial charge is 0.330 e. The Hall–Kier alpha value is -3.53. The maximum atomic E-state index is 11.7. The van der Waals surface area contributed by atoms with Gasteiger partial charge in [0.1, 0.15) is 0 Å². The van der Waals surface area contributed by atoms with Gasteiger partial charge < -0.3 is 15.4 Å². The number of hydrogen-bond donors (Lipinski definition) is 2. The predicted octanol–water partition coefficient (Wildman–Crippen LogP) is 8.22. The van der Waals surface area contributed by atoms with Gasteiger partial charge in [-0.3, -0.25) is 0 Å². The summed E-state index contributed by atoms with van der Waals surface area (Å²) in [6.07, 6.45) is 11.9. The van der Waals surface area contributed by atoms with Gasteiger partial charge in [0.15, 0.2) is 0 Å². The van der Waals surface area contributed by atoms with Crippen LogP contribution in [0.1, 0.15) is 56.6 Å². The van der Waals surface area contributed by atoms with Crippen molar-refractivity contribution in [2.24, 2.45) is 17.8 Å². The molecule has 3 aromatic rings. The molecule has 0 unspecified atom stereocenters. The minimum absolute atomic E-state index is 0.335. The zero-order chi connectivity index (χ0) is 25.2. The second-order valence-corrected chi connectivity index (χ2v) is 11.3. The monoisotopic (exact) mass is 492 g/mol. The molecule has 0 amide bonds. The summed E-state index contributed by atoms with van der Waals surface area (Å²) >= 11 is 0. The van der Waals surface area contributed by atoms with E-state index in [1.807, 2.05) is 24.3 Å². The minimum Gasteiger partial charge on any atom is -0.463 e. The van der Waals surface area contributed by atoms with Crippen molar-refractivity contribution in [3.8, 4) is 0 Å². The molecule has 37 heavy (non-hydrogen) atoms. The van der Waals surface area contributed by atoms with Gasteiger partial charge in [-0.05, 0) is 128 Å². The van der Waals surface area contributed by atoms with Gasteiger partial charge in [0.25, 0.3) is 0 Å². The van der Waals surface area contributed by atoms with Crippen molar-refractivity contribution in [3.05, 3.63) is 90.0 Å². The lowest BCUT2D eigenvalue weighted by atomic mass is 9.48. The van der Waals surface area contributed by atoms with Crippen LogP contribution in [0.3, 0.4) is 0 Å². The number of carbonyl (C=O) groups excluding carboxylic acids is 1. The zero-order valence-electron chi connectivity index (χ0n) is 21.6. The number of rotatable bonds is 8. The van der Waals surface area contributed by atoms with Gasteiger partial charge in [0.05, 0.1) is 6.61 Å². The summed E-state index contributed by atoms with van der Waals surface area (Å²) in [5.41, 5.74) is 7.04. The number of benzene rings is 3. The highest BCUT2D eigenvalue weighted by Crippen LogP contribution is 2.60. The van der Waals surface area contributed by atoms with E-state index in [2.05, 4.69) is 59.2 Å². The number of esters is 1. The molecule has 2 N–H and O–H groups in total. The van der Waals surface area contributed by atoms with Crippen molar-refractivity contribution in [2.45, 2.75) is 50.9 Å². The summed E-state index contributed by atoms with van der Waals surface area (Å²) in [4.78, 5) is 11.7. The first-order valence-corrected chi connectivity index (χ1v) is 13.8. The van der Waals surface area contributed by atoms with E-state index in [4.69, 9.17) is 4.74 Å². The molecule has 4 fully saturated rings. The summed E-state index contributed by atoms with van der Waals surface area (Å²) in [6, 6.07) is 25.5. The third kappa shape index (κ3) is 5.16. The van der Waals surface area contributed by atoms with E-state index in [-0.39, 0.29) is 5.97 Å². The molecule has 3 aromatic carbocycles. The van der Waals surface area contributed by atoms with E-state index >= 15 is 0 Å². The maximum Gasteiger partial charge on any atom is 0.330 e. The van der Waals surface area contributed by atoms with Crippen LogP contribution < -0.4 is 10.6 Å². The van der Waals surface area contributed by atoms with Crippen molar-refractivity contribution >= 4 is 34.8 Å². The number of nitrogens with one attached hydrogen (secondary N) is 2. The van der Waals surface area contributed by atoms with Crippen LogP contribution in [-0.2, 0) is 14.9 Å². The summed E-state index contributed by atoms with van der Waals surface area (Å²) in [7, 11) is 0. The average Bonchev–Trinajstić information content (AvgIpc) is 2.89. The summed E-state index contributed by atoms with van der Waals surface area (Å²) in [5, 5.41) is 7.02. The standard InChI is InChI=1S/C33H36N2O2/c1-2-37-32(36)16-7-26-5-3-4-6-31(26)35-30-14-12-29(13-15-30)34-28-10-8-27(9-11-28)33-20-23-17-24(21-33)19-25(18-23)22-33/h3-16,23-25,34-35H,2,17-22H2,1H3/b16-7+. The molecule has 0 heterocycles. The molecular formula is C33H36N2O2. The normalized spacial score (nSPS) is 25.8. The molecule has 4 bridgehead atoms. The van der Waals surface area contributed by atoms with E-state index in [1.54, 1.807) is 18.6 Å². The Kier molecular flexibility index (Phi) is 6.50. The number of carbonyl (C=O) groups is 1. The summed E-state index contributed by atoms with van der Waals surface area (Å²) < 4.78 is 4.99. The van der Waals surface area contributed by atoms with Crippen LogP contribution >= 0.6 is 0 Å². The lowest BCUT2D eigenvalue weighted by Crippen LogP contribution is -2.48. The van der Waals surface area contributed by atoms with Crippen LogP contribution in [0.2, 0.25) is 0 Å². The van der Waals surface area contributed by atoms with Crippen molar-refractivity contribution in [3.63, 3.8) is 0 Å². The van der Waals surface area contributed by atoms with E-state index < -0.39 is 0 Å². The first kappa shape index (κ1) is 23.8. The Bertz CT molecular complexity index is 1240. The van der Waals surface area contributed by atoms with Gasteiger partial charge in [0.2, 0.25) is 0 Å². The van der Waals surface area contributed by atoms with Crippen LogP contribution in [0.25, 0.3) is 6.08 Å². The van der Waals surface area contributed by atoms with E-state index in [0.717, 1.165) is 46.1 Å². The Morgan fingerprint density at radius 1 is 0.811 bits per heavy atom. The molecule has 0 saturated heterocycles. The largest absolute Gasteiger partial charge is 0.463 e. The van der Waals surface area contributed by atoms with Crippen LogP contribution in [0.5, 0.6) is 0 Å². The topological polar surface area (TPSA) is 50.4 Å². The molecule has 0 spiro atoms. The zero-order valence-corrected chi connectivity index (χ0v) is 21.6. The Morgan fingerprint density at radius 2 is 1.35 bits per heavy atom.